The van der Waals surface area contributed by atoms with E-state index in [-0.39, 0.29) is 19.0 Å². The largest absolute Gasteiger partial charge is 0.465 e. The summed E-state index contributed by atoms with van der Waals surface area (Å²) in [6.45, 7) is 0.417. The number of nitrogens with zero attached hydrogens (tertiary/aromatic N) is 1. The second kappa shape index (κ2) is 5.32. The number of hydrogen-bond donors (Lipinski definition) is 2. The molecule has 0 aliphatic carbocycles. The lowest BCUT2D eigenvalue weighted by Gasteiger charge is -2.35. The van der Waals surface area contributed by atoms with Gasteiger partial charge in [0.05, 0.1) is 5.56 Å². The summed E-state index contributed by atoms with van der Waals surface area (Å²) in [4.78, 5) is 12.0. The summed E-state index contributed by atoms with van der Waals surface area (Å²) in [6.07, 6.45) is -5.01. The first-order chi connectivity index (χ1) is 9.29. The van der Waals surface area contributed by atoms with Crippen LogP contribution in [-0.4, -0.2) is 35.2 Å². The predicted octanol–water partition coefficient (Wildman–Crippen LogP) is 2.50. The molecule has 1 aliphatic heterocycles. The maximum atomic E-state index is 12.7. The van der Waals surface area contributed by atoms with Gasteiger partial charge in [0.15, 0.2) is 0 Å². The molecule has 0 spiro atoms. The molecule has 3 N–H and O–H groups in total. The van der Waals surface area contributed by atoms with Crippen LogP contribution in [0.25, 0.3) is 0 Å². The van der Waals surface area contributed by atoms with Gasteiger partial charge in [-0.3, -0.25) is 0 Å². The summed E-state index contributed by atoms with van der Waals surface area (Å²) in [6, 6.07) is 4.58. The van der Waals surface area contributed by atoms with E-state index in [9.17, 15) is 18.0 Å². The third kappa shape index (κ3) is 3.04. The zero-order chi connectivity index (χ0) is 14.9. The number of benzene rings is 1. The van der Waals surface area contributed by atoms with Gasteiger partial charge in [-0.1, -0.05) is 18.2 Å². The molecule has 1 aliphatic rings. The minimum atomic E-state index is -4.39. The van der Waals surface area contributed by atoms with Crippen molar-refractivity contribution in [2.75, 3.05) is 13.1 Å². The topological polar surface area (TPSA) is 66.6 Å². The van der Waals surface area contributed by atoms with Gasteiger partial charge in [-0.25, -0.2) is 4.79 Å². The van der Waals surface area contributed by atoms with Crippen LogP contribution in [-0.2, 0) is 6.18 Å². The Hall–Kier alpha value is -1.76. The molecule has 4 nitrogen and oxygen atoms in total. The third-order valence-electron chi connectivity index (χ3n) is 3.57. The van der Waals surface area contributed by atoms with E-state index in [1.54, 1.807) is 6.07 Å². The maximum absolute atomic E-state index is 12.7. The lowest BCUT2D eigenvalue weighted by Crippen LogP contribution is -2.49. The monoisotopic (exact) mass is 288 g/mol. The van der Waals surface area contributed by atoms with Crippen molar-refractivity contribution in [2.45, 2.75) is 24.6 Å². The van der Waals surface area contributed by atoms with Gasteiger partial charge >= 0.3 is 12.3 Å². The summed E-state index contributed by atoms with van der Waals surface area (Å²) in [5.41, 5.74) is 5.72. The minimum absolute atomic E-state index is 0.135. The Morgan fingerprint density at radius 2 is 2.10 bits per heavy atom. The maximum Gasteiger partial charge on any atom is 0.416 e. The van der Waals surface area contributed by atoms with Crippen molar-refractivity contribution in [3.8, 4) is 0 Å². The smallest absolute Gasteiger partial charge is 0.416 e. The first-order valence-electron chi connectivity index (χ1n) is 6.19. The SMILES string of the molecule is NC1CN(C(=O)O)CCC1c1cccc(C(F)(F)F)c1. The van der Waals surface area contributed by atoms with Crippen LogP contribution < -0.4 is 5.73 Å². The molecule has 20 heavy (non-hydrogen) atoms. The highest BCUT2D eigenvalue weighted by Gasteiger charge is 2.33. The van der Waals surface area contributed by atoms with Crippen molar-refractivity contribution in [1.82, 2.24) is 4.90 Å². The molecule has 1 amide bonds. The zero-order valence-electron chi connectivity index (χ0n) is 10.6. The summed E-state index contributed by atoms with van der Waals surface area (Å²) in [5, 5.41) is 8.89. The quantitative estimate of drug-likeness (QED) is 0.834. The summed E-state index contributed by atoms with van der Waals surface area (Å²) in [5.74, 6) is -0.257. The van der Waals surface area contributed by atoms with Gasteiger partial charge in [0.1, 0.15) is 0 Å². The number of nitrogens with two attached hydrogens (primary N) is 1. The van der Waals surface area contributed by atoms with E-state index in [2.05, 4.69) is 0 Å². The molecule has 0 aromatic heterocycles. The van der Waals surface area contributed by atoms with Gasteiger partial charge in [0, 0.05) is 25.0 Å². The van der Waals surface area contributed by atoms with Crippen LogP contribution in [0.1, 0.15) is 23.5 Å². The molecule has 2 rings (SSSR count). The van der Waals surface area contributed by atoms with Crippen molar-refractivity contribution >= 4 is 6.09 Å². The normalized spacial score (nSPS) is 23.7. The van der Waals surface area contributed by atoms with Gasteiger partial charge < -0.3 is 15.7 Å². The van der Waals surface area contributed by atoms with Crippen molar-refractivity contribution < 1.29 is 23.1 Å². The Morgan fingerprint density at radius 1 is 1.40 bits per heavy atom. The second-order valence-electron chi connectivity index (χ2n) is 4.91. The molecule has 2 unspecified atom stereocenters. The summed E-state index contributed by atoms with van der Waals surface area (Å²) in [7, 11) is 0. The number of carbonyl (C=O) groups is 1. The molecule has 2 atom stereocenters. The van der Waals surface area contributed by atoms with Gasteiger partial charge in [0.2, 0.25) is 0 Å². The molecular weight excluding hydrogens is 273 g/mol. The van der Waals surface area contributed by atoms with Gasteiger partial charge in [-0.05, 0) is 18.1 Å². The lowest BCUT2D eigenvalue weighted by molar-refractivity contribution is -0.137. The van der Waals surface area contributed by atoms with Crippen LogP contribution in [0.4, 0.5) is 18.0 Å². The fourth-order valence-corrected chi connectivity index (χ4v) is 2.52. The number of hydrogen-bond acceptors (Lipinski definition) is 2. The number of rotatable bonds is 1. The average molecular weight is 288 g/mol. The number of amides is 1. The van der Waals surface area contributed by atoms with Crippen molar-refractivity contribution in [3.05, 3.63) is 35.4 Å². The Labute approximate surface area is 114 Å². The highest BCUT2D eigenvalue weighted by molar-refractivity contribution is 5.65. The number of piperidine rings is 1. The number of alkyl halides is 3. The van der Waals surface area contributed by atoms with Gasteiger partial charge in [-0.15, -0.1) is 0 Å². The molecule has 7 heteroatoms. The fraction of sp³-hybridized carbons (Fsp3) is 0.462. The van der Waals surface area contributed by atoms with Crippen LogP contribution in [0, 0.1) is 0 Å². The highest BCUT2D eigenvalue weighted by Crippen LogP contribution is 2.33. The van der Waals surface area contributed by atoms with E-state index in [0.717, 1.165) is 12.1 Å². The van der Waals surface area contributed by atoms with E-state index in [4.69, 9.17) is 10.8 Å². The Bertz CT molecular complexity index is 505. The number of likely N-dealkylation sites (tertiary alicyclic amines) is 1. The van der Waals surface area contributed by atoms with Crippen LogP contribution in [0.3, 0.4) is 0 Å². The van der Waals surface area contributed by atoms with Crippen LogP contribution >= 0.6 is 0 Å². The van der Waals surface area contributed by atoms with Gasteiger partial charge in [-0.2, -0.15) is 13.2 Å². The van der Waals surface area contributed by atoms with Gasteiger partial charge in [0.25, 0.3) is 0 Å². The van der Waals surface area contributed by atoms with Crippen LogP contribution in [0.15, 0.2) is 24.3 Å². The predicted molar refractivity (Wildman–Crippen MR) is 66.4 cm³/mol. The lowest BCUT2D eigenvalue weighted by atomic mass is 9.85. The minimum Gasteiger partial charge on any atom is -0.465 e. The van der Waals surface area contributed by atoms with E-state index < -0.39 is 23.9 Å². The Morgan fingerprint density at radius 3 is 2.65 bits per heavy atom. The summed E-state index contributed by atoms with van der Waals surface area (Å²) >= 11 is 0. The third-order valence-corrected chi connectivity index (χ3v) is 3.57. The second-order valence-corrected chi connectivity index (χ2v) is 4.91. The summed E-state index contributed by atoms with van der Waals surface area (Å²) < 4.78 is 38.0. The highest BCUT2D eigenvalue weighted by atomic mass is 19.4. The van der Waals surface area contributed by atoms with Crippen molar-refractivity contribution in [3.63, 3.8) is 0 Å². The number of halogens is 3. The average Bonchev–Trinajstić information content (AvgIpc) is 2.37. The fourth-order valence-electron chi connectivity index (χ4n) is 2.52. The Kier molecular flexibility index (Phi) is 3.89. The van der Waals surface area contributed by atoms with Crippen LogP contribution in [0.2, 0.25) is 0 Å². The molecule has 1 heterocycles. The van der Waals surface area contributed by atoms with Crippen LogP contribution in [0.5, 0.6) is 0 Å². The first-order valence-corrected chi connectivity index (χ1v) is 6.19. The van der Waals surface area contributed by atoms with Crippen molar-refractivity contribution in [2.24, 2.45) is 5.73 Å². The molecular formula is C13H15F3N2O2. The van der Waals surface area contributed by atoms with Crippen molar-refractivity contribution in [1.29, 1.82) is 0 Å². The van der Waals surface area contributed by atoms with E-state index in [1.807, 2.05) is 0 Å². The first kappa shape index (κ1) is 14.6. The molecule has 0 bridgehead atoms. The van der Waals surface area contributed by atoms with E-state index in [0.29, 0.717) is 12.0 Å². The molecule has 1 saturated heterocycles. The molecule has 1 fully saturated rings. The molecule has 0 saturated carbocycles. The zero-order valence-corrected chi connectivity index (χ0v) is 10.6. The molecule has 1 aromatic carbocycles. The molecule has 110 valence electrons. The molecule has 1 aromatic rings. The van der Waals surface area contributed by atoms with E-state index >= 15 is 0 Å². The van der Waals surface area contributed by atoms with E-state index in [1.165, 1.54) is 11.0 Å². The Balaban J connectivity index is 2.19. The molecule has 0 radical (unpaired) electrons. The number of carboxylic acid groups (broad SMARTS) is 1. The standard InChI is InChI=1S/C13H15F3N2O2/c14-13(15,16)9-3-1-2-8(6-9)10-4-5-18(12(19)20)7-11(10)17/h1-3,6,10-11H,4-5,7,17H2,(H,19,20).